The average molecular weight is 531 g/mol. The number of amides is 2. The van der Waals surface area contributed by atoms with Gasteiger partial charge in [0.05, 0.1) is 24.0 Å². The van der Waals surface area contributed by atoms with Gasteiger partial charge in [0.25, 0.3) is 5.91 Å². The minimum atomic E-state index is -0.694. The maximum Gasteiger partial charge on any atom is 0.414 e. The van der Waals surface area contributed by atoms with Crippen LogP contribution in [0.3, 0.4) is 0 Å². The minimum absolute atomic E-state index is 0.118. The topological polar surface area (TPSA) is 128 Å². The molecule has 3 aromatic rings. The molecule has 2 aliphatic heterocycles. The lowest BCUT2D eigenvalue weighted by molar-refractivity contribution is 0.0582. The molecule has 3 N–H and O–H groups in total. The van der Waals surface area contributed by atoms with E-state index in [1.807, 2.05) is 13.1 Å². The first-order valence-corrected chi connectivity index (χ1v) is 13.2. The zero-order chi connectivity index (χ0) is 27.6. The van der Waals surface area contributed by atoms with Crippen LogP contribution in [-0.2, 0) is 16.6 Å². The molecule has 0 bridgehead atoms. The number of H-pyrrole nitrogens is 2. The maximum atomic E-state index is 13.9. The van der Waals surface area contributed by atoms with E-state index in [1.54, 1.807) is 37.8 Å². The number of ether oxygens (including phenoxy) is 2. The van der Waals surface area contributed by atoms with Crippen molar-refractivity contribution in [2.45, 2.75) is 51.6 Å². The monoisotopic (exact) mass is 530 g/mol. The highest BCUT2D eigenvalue weighted by Crippen LogP contribution is 2.67. The Labute approximate surface area is 224 Å². The van der Waals surface area contributed by atoms with E-state index in [9.17, 15) is 19.5 Å². The number of hydrogen-bond acceptors (Lipinski definition) is 6. The molecule has 2 atom stereocenters. The molecule has 4 heterocycles. The average Bonchev–Trinajstić information content (AvgIpc) is 3.34. The number of piperidine rings is 1. The number of phenolic OH excluding ortho intramolecular Hbond substituents is 1. The highest BCUT2D eigenvalue weighted by molar-refractivity contribution is 6.10. The van der Waals surface area contributed by atoms with Gasteiger partial charge in [0.1, 0.15) is 11.3 Å². The number of benzene rings is 1. The second kappa shape index (κ2) is 7.46. The van der Waals surface area contributed by atoms with Crippen LogP contribution in [0, 0.1) is 12.8 Å². The van der Waals surface area contributed by atoms with Gasteiger partial charge in [0.2, 0.25) is 5.78 Å². The summed E-state index contributed by atoms with van der Waals surface area (Å²) in [7, 11) is 1.43. The van der Waals surface area contributed by atoms with Gasteiger partial charge < -0.3 is 29.4 Å². The lowest BCUT2D eigenvalue weighted by atomic mass is 9.83. The first-order chi connectivity index (χ1) is 18.5. The summed E-state index contributed by atoms with van der Waals surface area (Å²) in [5.41, 5.74) is 4.35. The van der Waals surface area contributed by atoms with Crippen LogP contribution in [-0.4, -0.2) is 63.6 Å². The number of phenols is 1. The van der Waals surface area contributed by atoms with Crippen LogP contribution in [0.2, 0.25) is 0 Å². The number of nitrogens with zero attached hydrogens (tertiary/aromatic N) is 2. The third-order valence-electron chi connectivity index (χ3n) is 8.54. The number of aryl methyl sites for hydroxylation is 1. The first-order valence-electron chi connectivity index (χ1n) is 13.2. The zero-order valence-corrected chi connectivity index (χ0v) is 22.5. The van der Waals surface area contributed by atoms with Gasteiger partial charge in [0, 0.05) is 41.9 Å². The van der Waals surface area contributed by atoms with Crippen molar-refractivity contribution in [3.05, 3.63) is 52.1 Å². The summed E-state index contributed by atoms with van der Waals surface area (Å²) in [6, 6.07) is 1.76. The fourth-order valence-electron chi connectivity index (χ4n) is 6.95. The van der Waals surface area contributed by atoms with E-state index in [-0.39, 0.29) is 34.5 Å². The highest BCUT2D eigenvalue weighted by atomic mass is 16.6. The fraction of sp³-hybridized carbons (Fsp3) is 0.414. The maximum absolute atomic E-state index is 13.9. The largest absolute Gasteiger partial charge is 0.503 e. The van der Waals surface area contributed by atoms with Crippen LogP contribution in [0.4, 0.5) is 10.5 Å². The number of anilines is 1. The number of aromatic hydroxyl groups is 1. The molecule has 39 heavy (non-hydrogen) atoms. The number of fused-ring (bicyclic) bond motifs is 4. The van der Waals surface area contributed by atoms with Crippen molar-refractivity contribution in [3.63, 3.8) is 0 Å². The number of nitrogens with one attached hydrogen (secondary N) is 2. The van der Waals surface area contributed by atoms with Crippen molar-refractivity contribution in [3.8, 4) is 11.5 Å². The van der Waals surface area contributed by atoms with Crippen LogP contribution in [0.15, 0.2) is 24.0 Å². The number of allylic oxidation sites excluding steroid dienone is 2. The SMILES string of the molecule is COc1c(O)c2c(c3cc(C(=O)N4CC5CC56C4=CC(=O)c4[nH]cc(C)c46)[nH]c13)CCN2C(=O)OC(C)(C)C. The molecule has 2 unspecified atom stereocenters. The van der Waals surface area contributed by atoms with Crippen molar-refractivity contribution in [1.29, 1.82) is 0 Å². The van der Waals surface area contributed by atoms with E-state index in [2.05, 4.69) is 9.97 Å². The van der Waals surface area contributed by atoms with Gasteiger partial charge in [0.15, 0.2) is 11.5 Å². The molecule has 2 aliphatic carbocycles. The Morgan fingerprint density at radius 3 is 2.72 bits per heavy atom. The molecule has 7 rings (SSSR count). The Morgan fingerprint density at radius 1 is 1.23 bits per heavy atom. The number of ketones is 1. The van der Waals surface area contributed by atoms with Crippen LogP contribution in [0.25, 0.3) is 10.9 Å². The van der Waals surface area contributed by atoms with Gasteiger partial charge >= 0.3 is 6.09 Å². The lowest BCUT2D eigenvalue weighted by Gasteiger charge is -2.28. The van der Waals surface area contributed by atoms with Crippen molar-refractivity contribution in [2.75, 3.05) is 25.1 Å². The molecular formula is C29H30N4O6. The van der Waals surface area contributed by atoms with Gasteiger partial charge in [-0.25, -0.2) is 4.79 Å². The van der Waals surface area contributed by atoms with Gasteiger partial charge in [-0.2, -0.15) is 0 Å². The lowest BCUT2D eigenvalue weighted by Crippen LogP contribution is -2.35. The van der Waals surface area contributed by atoms with Crippen LogP contribution >= 0.6 is 0 Å². The highest BCUT2D eigenvalue weighted by Gasteiger charge is 2.68. The Bertz CT molecular complexity index is 1670. The predicted octanol–water partition coefficient (Wildman–Crippen LogP) is 4.31. The van der Waals surface area contributed by atoms with Crippen LogP contribution in [0.5, 0.6) is 11.5 Å². The molecule has 202 valence electrons. The summed E-state index contributed by atoms with van der Waals surface area (Å²) >= 11 is 0. The van der Waals surface area contributed by atoms with E-state index < -0.39 is 11.7 Å². The molecular weight excluding hydrogens is 500 g/mol. The standard InChI is InChI=1S/C29H30N4O6/c1-13-11-30-22-18(34)9-19-29(20(13)22)10-14(29)12-33(19)26(36)17-8-16-15-6-7-32(27(37)39-28(2,3)4)23(15)24(35)25(38-5)21(16)31-17/h8-9,11,14,30-31,35H,6-7,10,12H2,1-5H3. The molecule has 1 saturated heterocycles. The Kier molecular flexibility index (Phi) is 4.57. The first kappa shape index (κ1) is 23.9. The van der Waals surface area contributed by atoms with Gasteiger partial charge in [-0.1, -0.05) is 0 Å². The zero-order valence-electron chi connectivity index (χ0n) is 22.5. The van der Waals surface area contributed by atoms with E-state index in [4.69, 9.17) is 9.47 Å². The van der Waals surface area contributed by atoms with Crippen LogP contribution in [0.1, 0.15) is 64.9 Å². The molecule has 2 aromatic heterocycles. The Morgan fingerprint density at radius 2 is 2.00 bits per heavy atom. The van der Waals surface area contributed by atoms with Crippen LogP contribution < -0.4 is 9.64 Å². The molecule has 1 spiro atoms. The summed E-state index contributed by atoms with van der Waals surface area (Å²) in [6.07, 6.45) is 4.32. The smallest absolute Gasteiger partial charge is 0.414 e. The Balaban J connectivity index is 1.29. The van der Waals surface area contributed by atoms with Crippen molar-refractivity contribution < 1.29 is 29.0 Å². The van der Waals surface area contributed by atoms with E-state index >= 15 is 0 Å². The number of aromatic nitrogens is 2. The molecule has 10 nitrogen and oxygen atoms in total. The summed E-state index contributed by atoms with van der Waals surface area (Å²) in [5.74, 6) is -0.123. The van der Waals surface area contributed by atoms with Crippen molar-refractivity contribution in [1.82, 2.24) is 14.9 Å². The number of carbonyl (C=O) groups excluding carboxylic acids is 3. The molecule has 2 fully saturated rings. The van der Waals surface area contributed by atoms with Gasteiger partial charge in [-0.3, -0.25) is 14.5 Å². The molecule has 10 heteroatoms. The second-order valence-electron chi connectivity index (χ2n) is 12.0. The molecule has 1 saturated carbocycles. The summed E-state index contributed by atoms with van der Waals surface area (Å²) < 4.78 is 11.1. The number of methoxy groups -OCH3 is 1. The molecule has 2 amide bonds. The molecule has 1 aromatic carbocycles. The normalized spacial score (nSPS) is 22.8. The number of aromatic amines is 2. The summed E-state index contributed by atoms with van der Waals surface area (Å²) in [4.78, 5) is 49.2. The van der Waals surface area contributed by atoms with E-state index in [0.29, 0.717) is 47.5 Å². The van der Waals surface area contributed by atoms with E-state index in [0.717, 1.165) is 28.8 Å². The van der Waals surface area contributed by atoms with Crippen molar-refractivity contribution in [2.24, 2.45) is 5.92 Å². The van der Waals surface area contributed by atoms with Gasteiger partial charge in [-0.05, 0) is 69.2 Å². The third kappa shape index (κ3) is 3.05. The number of rotatable bonds is 2. The summed E-state index contributed by atoms with van der Waals surface area (Å²) in [6.45, 7) is 8.22. The Hall–Kier alpha value is -4.21. The number of likely N-dealkylation sites (tertiary alicyclic amines) is 1. The number of hydrogen-bond donors (Lipinski definition) is 3. The second-order valence-corrected chi connectivity index (χ2v) is 12.0. The summed E-state index contributed by atoms with van der Waals surface area (Å²) in [5, 5.41) is 11.9. The van der Waals surface area contributed by atoms with Gasteiger partial charge in [-0.15, -0.1) is 0 Å². The molecule has 4 aliphatic rings. The van der Waals surface area contributed by atoms with Crippen molar-refractivity contribution >= 4 is 34.4 Å². The quantitative estimate of drug-likeness (QED) is 0.453. The predicted molar refractivity (Wildman–Crippen MR) is 143 cm³/mol. The minimum Gasteiger partial charge on any atom is -0.503 e. The fourth-order valence-corrected chi connectivity index (χ4v) is 6.95. The molecule has 0 radical (unpaired) electrons. The van der Waals surface area contributed by atoms with E-state index in [1.165, 1.54) is 12.0 Å². The number of carbonyl (C=O) groups is 3. The third-order valence-corrected chi connectivity index (χ3v) is 8.54.